The van der Waals surface area contributed by atoms with Crippen molar-refractivity contribution in [3.05, 3.63) is 53.1 Å². The van der Waals surface area contributed by atoms with Crippen LogP contribution >= 0.6 is 11.6 Å². The predicted octanol–water partition coefficient (Wildman–Crippen LogP) is 1.30. The van der Waals surface area contributed by atoms with Crippen LogP contribution in [0.25, 0.3) is 0 Å². The molecule has 0 bridgehead atoms. The lowest BCUT2D eigenvalue weighted by Gasteiger charge is -2.16. The Balaban J connectivity index is 1.48. The number of aryl methyl sites for hydroxylation is 1. The van der Waals surface area contributed by atoms with Crippen molar-refractivity contribution < 1.29 is 14.7 Å². The smallest absolute Gasteiger partial charge is 0.251 e. The number of nitrogens with zero attached hydrogens (tertiary/aromatic N) is 2. The number of aliphatic hydroxyl groups excluding tert-OH is 1. The minimum atomic E-state index is -0.744. The molecule has 3 atom stereocenters. The maximum Gasteiger partial charge on any atom is 0.251 e. The number of imidazole rings is 1. The first kappa shape index (κ1) is 19.4. The topological polar surface area (TPSA) is 96.3 Å². The number of carbonyl (C=O) groups is 2. The molecule has 1 aromatic carbocycles. The summed E-state index contributed by atoms with van der Waals surface area (Å²) in [5.41, 5.74) is 0.467. The highest BCUT2D eigenvalue weighted by atomic mass is 35.5. The summed E-state index contributed by atoms with van der Waals surface area (Å²) in [7, 11) is 1.91. The third-order valence-electron chi connectivity index (χ3n) is 4.89. The van der Waals surface area contributed by atoms with E-state index in [0.29, 0.717) is 36.4 Å². The maximum absolute atomic E-state index is 12.4. The molecule has 0 aliphatic heterocycles. The average molecular weight is 391 g/mol. The van der Waals surface area contributed by atoms with Crippen LogP contribution in [0.5, 0.6) is 0 Å². The van der Waals surface area contributed by atoms with Gasteiger partial charge in [-0.05, 0) is 37.1 Å². The highest BCUT2D eigenvalue weighted by Crippen LogP contribution is 2.26. The number of carbonyl (C=O) groups excluding carboxylic acids is 2. The van der Waals surface area contributed by atoms with Crippen LogP contribution in [0.2, 0.25) is 5.02 Å². The molecule has 2 aromatic rings. The lowest BCUT2D eigenvalue weighted by atomic mass is 10.1. The molecule has 1 aromatic heterocycles. The molecule has 1 fully saturated rings. The highest BCUT2D eigenvalue weighted by Gasteiger charge is 2.37. The molecule has 27 heavy (non-hydrogen) atoms. The molecule has 1 aliphatic carbocycles. The van der Waals surface area contributed by atoms with Crippen LogP contribution in [-0.4, -0.2) is 45.2 Å². The van der Waals surface area contributed by atoms with Crippen molar-refractivity contribution in [2.75, 3.05) is 6.54 Å². The van der Waals surface area contributed by atoms with Gasteiger partial charge in [0.2, 0.25) is 5.91 Å². The van der Waals surface area contributed by atoms with Crippen LogP contribution in [0.1, 0.15) is 29.0 Å². The van der Waals surface area contributed by atoms with E-state index in [1.165, 1.54) is 0 Å². The number of hydrogen-bond acceptors (Lipinski definition) is 4. The van der Waals surface area contributed by atoms with E-state index >= 15 is 0 Å². The molecule has 0 spiro atoms. The van der Waals surface area contributed by atoms with E-state index in [1.54, 1.807) is 30.5 Å². The largest absolute Gasteiger partial charge is 0.391 e. The lowest BCUT2D eigenvalue weighted by molar-refractivity contribution is -0.125. The Bertz CT molecular complexity index is 806. The van der Waals surface area contributed by atoms with Gasteiger partial charge in [-0.3, -0.25) is 9.59 Å². The number of aliphatic hydroxyl groups is 1. The summed E-state index contributed by atoms with van der Waals surface area (Å²) in [5.74, 6) is 0.185. The number of benzene rings is 1. The zero-order valence-corrected chi connectivity index (χ0v) is 15.8. The molecule has 3 rings (SSSR count). The Morgan fingerprint density at radius 3 is 2.70 bits per heavy atom. The van der Waals surface area contributed by atoms with Crippen molar-refractivity contribution >= 4 is 23.4 Å². The van der Waals surface area contributed by atoms with E-state index in [9.17, 15) is 14.7 Å². The zero-order chi connectivity index (χ0) is 19.4. The summed E-state index contributed by atoms with van der Waals surface area (Å²) in [6.45, 7) is 0.484. The third kappa shape index (κ3) is 4.87. The third-order valence-corrected chi connectivity index (χ3v) is 5.14. The van der Waals surface area contributed by atoms with Gasteiger partial charge in [0.25, 0.3) is 5.91 Å². The van der Waals surface area contributed by atoms with Gasteiger partial charge in [0, 0.05) is 48.9 Å². The first-order valence-electron chi connectivity index (χ1n) is 8.92. The van der Waals surface area contributed by atoms with E-state index in [4.69, 9.17) is 11.6 Å². The summed E-state index contributed by atoms with van der Waals surface area (Å²) in [5, 5.41) is 16.5. The molecule has 7 nitrogen and oxygen atoms in total. The fourth-order valence-electron chi connectivity index (χ4n) is 3.32. The van der Waals surface area contributed by atoms with E-state index in [0.717, 1.165) is 5.82 Å². The number of aromatic nitrogens is 2. The van der Waals surface area contributed by atoms with E-state index in [2.05, 4.69) is 15.6 Å². The molecule has 2 amide bonds. The Labute approximate surface area is 162 Å². The van der Waals surface area contributed by atoms with Crippen molar-refractivity contribution in [2.24, 2.45) is 13.0 Å². The van der Waals surface area contributed by atoms with E-state index < -0.39 is 12.1 Å². The Kier molecular flexibility index (Phi) is 6.13. The second-order valence-electron chi connectivity index (χ2n) is 6.82. The van der Waals surface area contributed by atoms with Crippen molar-refractivity contribution in [3.63, 3.8) is 0 Å². The fourth-order valence-corrected chi connectivity index (χ4v) is 3.44. The zero-order valence-electron chi connectivity index (χ0n) is 15.1. The second-order valence-corrected chi connectivity index (χ2v) is 7.25. The number of halogens is 1. The minimum absolute atomic E-state index is 0.105. The Morgan fingerprint density at radius 1 is 1.30 bits per heavy atom. The molecule has 3 N–H and O–H groups in total. The summed E-state index contributed by atoms with van der Waals surface area (Å²) in [6.07, 6.45) is 4.22. The number of rotatable bonds is 6. The normalized spacial score (nSPS) is 21.8. The average Bonchev–Trinajstić information content (AvgIpc) is 3.21. The van der Waals surface area contributed by atoms with Crippen molar-refractivity contribution in [1.29, 1.82) is 0 Å². The molecule has 0 unspecified atom stereocenters. The second kappa shape index (κ2) is 8.54. The molecule has 0 radical (unpaired) electrons. The van der Waals surface area contributed by atoms with Crippen LogP contribution in [0, 0.1) is 5.92 Å². The highest BCUT2D eigenvalue weighted by molar-refractivity contribution is 6.30. The van der Waals surface area contributed by atoms with Crippen molar-refractivity contribution in [3.8, 4) is 0 Å². The Morgan fingerprint density at radius 2 is 2.04 bits per heavy atom. The quantitative estimate of drug-likeness (QED) is 0.692. The van der Waals surface area contributed by atoms with Crippen LogP contribution in [0.4, 0.5) is 0 Å². The van der Waals surface area contributed by atoms with Gasteiger partial charge in [-0.15, -0.1) is 0 Å². The molecule has 144 valence electrons. The van der Waals surface area contributed by atoms with Gasteiger partial charge in [-0.25, -0.2) is 4.98 Å². The SMILES string of the molecule is Cn1ccnc1CCNC(=O)[C@H]1C[C@H](NC(=O)c2ccc(Cl)cc2)[C@@H](O)C1. The molecule has 1 heterocycles. The monoisotopic (exact) mass is 390 g/mol. The summed E-state index contributed by atoms with van der Waals surface area (Å²) < 4.78 is 1.91. The molecular weight excluding hydrogens is 368 g/mol. The van der Waals surface area contributed by atoms with E-state index in [1.807, 2.05) is 17.8 Å². The Hall–Kier alpha value is -2.38. The van der Waals surface area contributed by atoms with Gasteiger partial charge < -0.3 is 20.3 Å². The summed E-state index contributed by atoms with van der Waals surface area (Å²) in [4.78, 5) is 28.9. The summed E-state index contributed by atoms with van der Waals surface area (Å²) in [6, 6.07) is 6.08. The molecule has 8 heteroatoms. The van der Waals surface area contributed by atoms with Crippen LogP contribution in [-0.2, 0) is 18.3 Å². The van der Waals surface area contributed by atoms with Gasteiger partial charge in [0.1, 0.15) is 5.82 Å². The van der Waals surface area contributed by atoms with Gasteiger partial charge in [-0.1, -0.05) is 11.6 Å². The van der Waals surface area contributed by atoms with Gasteiger partial charge in [0.15, 0.2) is 0 Å². The molecule has 0 saturated heterocycles. The first-order chi connectivity index (χ1) is 12.9. The number of amides is 2. The van der Waals surface area contributed by atoms with Crippen molar-refractivity contribution in [1.82, 2.24) is 20.2 Å². The van der Waals surface area contributed by atoms with Crippen LogP contribution < -0.4 is 10.6 Å². The van der Waals surface area contributed by atoms with Gasteiger partial charge >= 0.3 is 0 Å². The predicted molar refractivity (Wildman–Crippen MR) is 101 cm³/mol. The van der Waals surface area contributed by atoms with Gasteiger partial charge in [-0.2, -0.15) is 0 Å². The number of hydrogen-bond donors (Lipinski definition) is 3. The summed E-state index contributed by atoms with van der Waals surface area (Å²) >= 11 is 5.83. The first-order valence-corrected chi connectivity index (χ1v) is 9.30. The fraction of sp³-hybridized carbons (Fsp3) is 0.421. The lowest BCUT2D eigenvalue weighted by Crippen LogP contribution is -2.40. The standard InChI is InChI=1S/C19H23ClN4O3/c1-24-9-8-21-17(24)6-7-22-18(26)13-10-15(16(25)11-13)23-19(27)12-2-4-14(20)5-3-12/h2-5,8-9,13,15-16,25H,6-7,10-11H2,1H3,(H,22,26)(H,23,27)/t13-,15-,16-/m0/s1. The van der Waals surface area contributed by atoms with Gasteiger partial charge in [0.05, 0.1) is 12.1 Å². The maximum atomic E-state index is 12.4. The van der Waals surface area contributed by atoms with Crippen LogP contribution in [0.3, 0.4) is 0 Å². The van der Waals surface area contributed by atoms with Crippen LogP contribution in [0.15, 0.2) is 36.7 Å². The molecular formula is C19H23ClN4O3. The molecule has 1 aliphatic rings. The number of nitrogens with one attached hydrogen (secondary N) is 2. The molecule has 1 saturated carbocycles. The van der Waals surface area contributed by atoms with Crippen molar-refractivity contribution in [2.45, 2.75) is 31.4 Å². The van der Waals surface area contributed by atoms with E-state index in [-0.39, 0.29) is 17.7 Å². The minimum Gasteiger partial charge on any atom is -0.391 e.